The van der Waals surface area contributed by atoms with Crippen LogP contribution >= 0.6 is 23.1 Å². The van der Waals surface area contributed by atoms with E-state index in [0.29, 0.717) is 29.9 Å². The van der Waals surface area contributed by atoms with Gasteiger partial charge in [0.15, 0.2) is 5.16 Å². The van der Waals surface area contributed by atoms with E-state index in [9.17, 15) is 9.59 Å². The number of thioether (sulfide) groups is 1. The highest BCUT2D eigenvalue weighted by Gasteiger charge is 2.24. The van der Waals surface area contributed by atoms with Crippen LogP contribution in [0.1, 0.15) is 49.8 Å². The number of carbonyl (C=O) groups is 1. The number of rotatable bonds is 7. The van der Waals surface area contributed by atoms with E-state index in [2.05, 4.69) is 19.2 Å². The molecule has 0 radical (unpaired) electrons. The van der Waals surface area contributed by atoms with Crippen LogP contribution in [-0.4, -0.2) is 27.3 Å². The summed E-state index contributed by atoms with van der Waals surface area (Å²) < 4.78 is 7.16. The molecule has 0 spiro atoms. The summed E-state index contributed by atoms with van der Waals surface area (Å²) in [4.78, 5) is 33.0. The van der Waals surface area contributed by atoms with Gasteiger partial charge >= 0.3 is 0 Å². The van der Waals surface area contributed by atoms with E-state index in [-0.39, 0.29) is 16.7 Å². The molecule has 160 valence electrons. The number of amides is 1. The summed E-state index contributed by atoms with van der Waals surface area (Å²) in [6.07, 6.45) is 5.83. The second-order valence-electron chi connectivity index (χ2n) is 8.16. The molecule has 4 rings (SSSR count). The average Bonchev–Trinajstić information content (AvgIpc) is 3.36. The number of thiophene rings is 1. The van der Waals surface area contributed by atoms with E-state index in [1.54, 1.807) is 22.2 Å². The van der Waals surface area contributed by atoms with Crippen molar-refractivity contribution in [3.05, 3.63) is 45.0 Å². The van der Waals surface area contributed by atoms with E-state index in [1.807, 2.05) is 19.1 Å². The quantitative estimate of drug-likeness (QED) is 0.435. The molecule has 1 N–H and O–H groups in total. The number of nitrogens with one attached hydrogen (secondary N) is 1. The van der Waals surface area contributed by atoms with Crippen LogP contribution in [0.4, 0.5) is 0 Å². The van der Waals surface area contributed by atoms with Gasteiger partial charge in [-0.25, -0.2) is 4.98 Å². The van der Waals surface area contributed by atoms with Crippen molar-refractivity contribution in [3.8, 4) is 0 Å². The van der Waals surface area contributed by atoms with Gasteiger partial charge in [-0.1, -0.05) is 25.6 Å². The van der Waals surface area contributed by atoms with Gasteiger partial charge in [0.1, 0.15) is 10.6 Å². The number of aromatic nitrogens is 2. The molecular weight excluding hydrogens is 418 g/mol. The van der Waals surface area contributed by atoms with Crippen molar-refractivity contribution >= 4 is 39.2 Å². The topological polar surface area (TPSA) is 77.1 Å². The van der Waals surface area contributed by atoms with Crippen molar-refractivity contribution < 1.29 is 9.21 Å². The highest BCUT2D eigenvalue weighted by atomic mass is 32.2. The summed E-state index contributed by atoms with van der Waals surface area (Å²) in [5.74, 6) is 1.04. The zero-order valence-electron chi connectivity index (χ0n) is 17.6. The fourth-order valence-corrected chi connectivity index (χ4v) is 5.90. The molecule has 3 aromatic rings. The van der Waals surface area contributed by atoms with Gasteiger partial charge in [0.05, 0.1) is 23.4 Å². The first-order valence-corrected chi connectivity index (χ1v) is 12.2. The Morgan fingerprint density at radius 2 is 2.13 bits per heavy atom. The Labute approximate surface area is 184 Å². The lowest BCUT2D eigenvalue weighted by molar-refractivity contribution is -0.120. The molecule has 6 nitrogen and oxygen atoms in total. The molecule has 3 aromatic heterocycles. The summed E-state index contributed by atoms with van der Waals surface area (Å²) in [7, 11) is 0. The normalized spacial score (nSPS) is 14.8. The molecular formula is C22H27N3O3S2. The van der Waals surface area contributed by atoms with Crippen LogP contribution in [0.15, 0.2) is 32.8 Å². The van der Waals surface area contributed by atoms with E-state index in [1.165, 1.54) is 22.2 Å². The zero-order chi connectivity index (χ0) is 21.3. The third-order valence-corrected chi connectivity index (χ3v) is 7.55. The molecule has 1 unspecified atom stereocenters. The molecule has 0 bridgehead atoms. The van der Waals surface area contributed by atoms with Gasteiger partial charge in [-0.2, -0.15) is 0 Å². The molecule has 0 saturated heterocycles. The van der Waals surface area contributed by atoms with E-state index >= 15 is 0 Å². The predicted molar refractivity (Wildman–Crippen MR) is 121 cm³/mol. The summed E-state index contributed by atoms with van der Waals surface area (Å²) in [6.45, 7) is 6.92. The van der Waals surface area contributed by atoms with Gasteiger partial charge in [-0.3, -0.25) is 14.2 Å². The minimum Gasteiger partial charge on any atom is -0.467 e. The van der Waals surface area contributed by atoms with E-state index < -0.39 is 0 Å². The Morgan fingerprint density at radius 1 is 1.33 bits per heavy atom. The van der Waals surface area contributed by atoms with Crippen molar-refractivity contribution in [1.29, 1.82) is 0 Å². The summed E-state index contributed by atoms with van der Waals surface area (Å²) in [6, 6.07) is 3.67. The fraction of sp³-hybridized carbons (Fsp3) is 0.500. The third-order valence-electron chi connectivity index (χ3n) is 5.27. The second kappa shape index (κ2) is 8.98. The van der Waals surface area contributed by atoms with E-state index in [4.69, 9.17) is 9.40 Å². The predicted octanol–water partition coefficient (Wildman–Crippen LogP) is 4.23. The third kappa shape index (κ3) is 4.34. The van der Waals surface area contributed by atoms with Crippen LogP contribution < -0.4 is 10.9 Å². The van der Waals surface area contributed by atoms with Gasteiger partial charge in [0.25, 0.3) is 5.56 Å². The first kappa shape index (κ1) is 21.2. The summed E-state index contributed by atoms with van der Waals surface area (Å²) in [5, 5.41) is 3.93. The van der Waals surface area contributed by atoms with Gasteiger partial charge in [-0.05, 0) is 56.2 Å². The molecule has 1 atom stereocenters. The van der Waals surface area contributed by atoms with Gasteiger partial charge < -0.3 is 9.73 Å². The Bertz CT molecular complexity index is 1100. The fourth-order valence-electron chi connectivity index (χ4n) is 3.67. The lowest BCUT2D eigenvalue weighted by Crippen LogP contribution is -2.34. The first-order chi connectivity index (χ1) is 14.4. The maximum Gasteiger partial charge on any atom is 0.263 e. The minimum atomic E-state index is -0.356. The Balaban J connectivity index is 1.73. The average molecular weight is 446 g/mol. The van der Waals surface area contributed by atoms with Crippen LogP contribution in [0.2, 0.25) is 0 Å². The molecule has 0 aromatic carbocycles. The molecule has 0 saturated carbocycles. The molecule has 1 aliphatic carbocycles. The van der Waals surface area contributed by atoms with Crippen molar-refractivity contribution in [3.63, 3.8) is 0 Å². The van der Waals surface area contributed by atoms with Crippen molar-refractivity contribution in [1.82, 2.24) is 14.9 Å². The Hall–Kier alpha value is -2.06. The monoisotopic (exact) mass is 445 g/mol. The standard InChI is InChI=1S/C22H27N3O3S2/c1-13(2)11-23-19(26)14(3)29-22-24-20-18(16-8-4-5-9-17(16)30-20)21(27)25(22)12-15-7-6-10-28-15/h6-7,10,13-14H,4-5,8-9,11-12H2,1-3H3,(H,23,26). The molecule has 8 heteroatoms. The van der Waals surface area contributed by atoms with Crippen LogP contribution in [0.5, 0.6) is 0 Å². The number of furan rings is 1. The highest BCUT2D eigenvalue weighted by molar-refractivity contribution is 8.00. The maximum absolute atomic E-state index is 13.5. The van der Waals surface area contributed by atoms with Crippen LogP contribution in [-0.2, 0) is 24.2 Å². The number of aryl methyl sites for hydroxylation is 2. The number of hydrogen-bond acceptors (Lipinski definition) is 6. The van der Waals surface area contributed by atoms with Crippen LogP contribution in [0.3, 0.4) is 0 Å². The lowest BCUT2D eigenvalue weighted by Gasteiger charge is -2.16. The second-order valence-corrected chi connectivity index (χ2v) is 10.5. The molecule has 1 amide bonds. The number of fused-ring (bicyclic) bond motifs is 3. The zero-order valence-corrected chi connectivity index (χ0v) is 19.2. The molecule has 1 aliphatic rings. The molecule has 0 fully saturated rings. The van der Waals surface area contributed by atoms with Crippen molar-refractivity contribution in [2.45, 2.75) is 63.4 Å². The van der Waals surface area contributed by atoms with Gasteiger partial charge in [0, 0.05) is 11.4 Å². The summed E-state index contributed by atoms with van der Waals surface area (Å²) in [5.41, 5.74) is 1.14. The Morgan fingerprint density at radius 3 is 2.87 bits per heavy atom. The lowest BCUT2D eigenvalue weighted by atomic mass is 9.97. The van der Waals surface area contributed by atoms with Gasteiger partial charge in [0.2, 0.25) is 5.91 Å². The summed E-state index contributed by atoms with van der Waals surface area (Å²) >= 11 is 2.96. The number of hydrogen-bond donors (Lipinski definition) is 1. The SMILES string of the molecule is CC(C)CNC(=O)C(C)Sc1nc2sc3c(c2c(=O)n1Cc1ccco1)CCCC3. The van der Waals surface area contributed by atoms with Crippen molar-refractivity contribution in [2.24, 2.45) is 5.92 Å². The smallest absolute Gasteiger partial charge is 0.263 e. The first-order valence-electron chi connectivity index (χ1n) is 10.5. The number of nitrogens with zero attached hydrogens (tertiary/aromatic N) is 2. The van der Waals surface area contributed by atoms with E-state index in [0.717, 1.165) is 35.9 Å². The van der Waals surface area contributed by atoms with Crippen molar-refractivity contribution in [2.75, 3.05) is 6.54 Å². The molecule has 0 aliphatic heterocycles. The van der Waals surface area contributed by atoms with Crippen LogP contribution in [0.25, 0.3) is 10.2 Å². The minimum absolute atomic E-state index is 0.0342. The molecule has 30 heavy (non-hydrogen) atoms. The molecule has 3 heterocycles. The number of carbonyl (C=O) groups excluding carboxylic acids is 1. The van der Waals surface area contributed by atoms with Gasteiger partial charge in [-0.15, -0.1) is 11.3 Å². The van der Waals surface area contributed by atoms with Crippen LogP contribution in [0, 0.1) is 5.92 Å². The largest absolute Gasteiger partial charge is 0.467 e. The Kier molecular flexibility index (Phi) is 6.34. The highest BCUT2D eigenvalue weighted by Crippen LogP contribution is 2.35. The maximum atomic E-state index is 13.5.